The zero-order valence-corrected chi connectivity index (χ0v) is 18.5. The number of alkyl halides is 1. The molecule has 0 spiro atoms. The number of halogens is 2. The maximum Gasteiger partial charge on any atom is 0.327 e. The van der Waals surface area contributed by atoms with Crippen LogP contribution in [0.25, 0.3) is 0 Å². The van der Waals surface area contributed by atoms with E-state index in [1.54, 1.807) is 24.3 Å². The van der Waals surface area contributed by atoms with E-state index >= 15 is 0 Å². The Morgan fingerprint density at radius 2 is 1.69 bits per heavy atom. The van der Waals surface area contributed by atoms with Crippen molar-refractivity contribution >= 4 is 43.6 Å². The standard InChI is InChI=1S/C18H19BrClNO7S/c1-26-18(23)17(12-22)21(11-10-19)28-29(24,25)16-8-6-15(7-9-16)27-14-4-2-13(20)3-5-14/h2-9,17,22H,10-12H2,1H3/t17-/m1/s1. The van der Waals surface area contributed by atoms with Crippen LogP contribution < -0.4 is 4.74 Å². The quantitative estimate of drug-likeness (QED) is 0.297. The molecule has 158 valence electrons. The lowest BCUT2D eigenvalue weighted by atomic mass is 10.3. The monoisotopic (exact) mass is 507 g/mol. The van der Waals surface area contributed by atoms with Gasteiger partial charge in [0.1, 0.15) is 11.5 Å². The zero-order chi connectivity index (χ0) is 21.4. The Morgan fingerprint density at radius 1 is 1.14 bits per heavy atom. The van der Waals surface area contributed by atoms with Crippen molar-refractivity contribution in [2.45, 2.75) is 10.9 Å². The van der Waals surface area contributed by atoms with Gasteiger partial charge in [-0.1, -0.05) is 27.5 Å². The maximum atomic E-state index is 12.6. The van der Waals surface area contributed by atoms with E-state index in [4.69, 9.17) is 20.6 Å². The van der Waals surface area contributed by atoms with Gasteiger partial charge >= 0.3 is 16.1 Å². The third kappa shape index (κ3) is 6.66. The van der Waals surface area contributed by atoms with Crippen molar-refractivity contribution in [1.29, 1.82) is 0 Å². The van der Waals surface area contributed by atoms with E-state index in [9.17, 15) is 18.3 Å². The van der Waals surface area contributed by atoms with Gasteiger partial charge in [0, 0.05) is 16.9 Å². The molecule has 2 rings (SSSR count). The van der Waals surface area contributed by atoms with Crippen molar-refractivity contribution in [3.8, 4) is 11.5 Å². The second-order valence-corrected chi connectivity index (χ2v) is 8.37. The molecular weight excluding hydrogens is 490 g/mol. The van der Waals surface area contributed by atoms with Gasteiger partial charge in [-0.2, -0.15) is 17.8 Å². The molecule has 0 heterocycles. The minimum absolute atomic E-state index is 0.0112. The average Bonchev–Trinajstić information content (AvgIpc) is 2.70. The highest BCUT2D eigenvalue weighted by Gasteiger charge is 2.31. The lowest BCUT2D eigenvalue weighted by Gasteiger charge is -2.26. The van der Waals surface area contributed by atoms with Crippen LogP contribution in [0, 0.1) is 0 Å². The van der Waals surface area contributed by atoms with Crippen LogP contribution in [-0.2, 0) is 23.9 Å². The molecule has 0 unspecified atom stereocenters. The summed E-state index contributed by atoms with van der Waals surface area (Å²) >= 11 is 8.98. The van der Waals surface area contributed by atoms with Crippen LogP contribution in [0.4, 0.5) is 0 Å². The fraction of sp³-hybridized carbons (Fsp3) is 0.278. The predicted molar refractivity (Wildman–Crippen MR) is 110 cm³/mol. The molecule has 0 aliphatic carbocycles. The molecule has 0 saturated carbocycles. The Morgan fingerprint density at radius 3 is 2.17 bits per heavy atom. The first-order valence-electron chi connectivity index (χ1n) is 8.30. The highest BCUT2D eigenvalue weighted by molar-refractivity contribution is 9.09. The van der Waals surface area contributed by atoms with Crippen molar-refractivity contribution in [3.63, 3.8) is 0 Å². The molecule has 29 heavy (non-hydrogen) atoms. The molecule has 2 aromatic rings. The Balaban J connectivity index is 2.16. The predicted octanol–water partition coefficient (Wildman–Crippen LogP) is 2.98. The number of esters is 1. The first-order chi connectivity index (χ1) is 13.8. The van der Waals surface area contributed by atoms with E-state index in [2.05, 4.69) is 20.7 Å². The fourth-order valence-corrected chi connectivity index (χ4v) is 3.69. The molecule has 0 radical (unpaired) electrons. The molecule has 8 nitrogen and oxygen atoms in total. The number of aliphatic hydroxyl groups excluding tert-OH is 1. The van der Waals surface area contributed by atoms with Crippen LogP contribution in [0.3, 0.4) is 0 Å². The Hall–Kier alpha value is -1.69. The molecule has 1 N–H and O–H groups in total. The molecule has 0 fully saturated rings. The molecule has 0 aromatic heterocycles. The van der Waals surface area contributed by atoms with Gasteiger partial charge in [0.2, 0.25) is 0 Å². The third-order valence-electron chi connectivity index (χ3n) is 3.65. The van der Waals surface area contributed by atoms with Crippen LogP contribution in [0.2, 0.25) is 5.02 Å². The first-order valence-corrected chi connectivity index (χ1v) is 11.2. The van der Waals surface area contributed by atoms with Gasteiger partial charge in [-0.3, -0.25) is 4.79 Å². The molecule has 0 aliphatic rings. The van der Waals surface area contributed by atoms with Gasteiger partial charge in [-0.25, -0.2) is 0 Å². The number of hydrogen-bond donors (Lipinski definition) is 1. The summed E-state index contributed by atoms with van der Waals surface area (Å²) in [5, 5.41) is 11.1. The summed E-state index contributed by atoms with van der Waals surface area (Å²) in [4.78, 5) is 11.6. The molecule has 0 aliphatic heterocycles. The number of methoxy groups -OCH3 is 1. The van der Waals surface area contributed by atoms with Gasteiger partial charge in [0.25, 0.3) is 0 Å². The van der Waals surface area contributed by atoms with Crippen LogP contribution in [-0.4, -0.2) is 56.2 Å². The molecule has 0 bridgehead atoms. The number of nitrogens with zero attached hydrogens (tertiary/aromatic N) is 1. The lowest BCUT2D eigenvalue weighted by Crippen LogP contribution is -2.46. The molecule has 0 saturated heterocycles. The van der Waals surface area contributed by atoms with Crippen LogP contribution in [0.1, 0.15) is 0 Å². The molecular formula is C18H19BrClNO7S. The molecule has 0 amide bonds. The minimum Gasteiger partial charge on any atom is -0.468 e. The fourth-order valence-electron chi connectivity index (χ4n) is 2.23. The summed E-state index contributed by atoms with van der Waals surface area (Å²) < 4.78 is 40.4. The number of ether oxygens (including phenoxy) is 2. The summed E-state index contributed by atoms with van der Waals surface area (Å²) in [5.74, 6) is 0.121. The molecule has 2 aromatic carbocycles. The SMILES string of the molecule is COC(=O)[C@@H](CO)N(CCBr)OS(=O)(=O)c1ccc(Oc2ccc(Cl)cc2)cc1. The van der Waals surface area contributed by atoms with Crippen molar-refractivity contribution < 1.29 is 32.1 Å². The number of hydrogen-bond acceptors (Lipinski definition) is 8. The summed E-state index contributed by atoms with van der Waals surface area (Å²) in [5.41, 5.74) is 0. The smallest absolute Gasteiger partial charge is 0.327 e. The summed E-state index contributed by atoms with van der Waals surface area (Å²) in [6.07, 6.45) is 0. The van der Waals surface area contributed by atoms with Gasteiger partial charge in [-0.15, -0.1) is 0 Å². The molecule has 1 atom stereocenters. The topological polar surface area (TPSA) is 102 Å². The van der Waals surface area contributed by atoms with E-state index in [0.717, 1.165) is 12.2 Å². The van der Waals surface area contributed by atoms with E-state index in [1.165, 1.54) is 24.3 Å². The maximum absolute atomic E-state index is 12.6. The largest absolute Gasteiger partial charge is 0.468 e. The van der Waals surface area contributed by atoms with Crippen LogP contribution in [0.15, 0.2) is 53.4 Å². The second-order valence-electron chi connectivity index (χ2n) is 5.61. The van der Waals surface area contributed by atoms with E-state index in [1.807, 2.05) is 0 Å². The highest BCUT2D eigenvalue weighted by Crippen LogP contribution is 2.25. The summed E-state index contributed by atoms with van der Waals surface area (Å²) in [6, 6.07) is 10.9. The number of rotatable bonds is 10. The lowest BCUT2D eigenvalue weighted by molar-refractivity contribution is -0.165. The third-order valence-corrected chi connectivity index (χ3v) is 5.50. The van der Waals surface area contributed by atoms with Gasteiger partial charge < -0.3 is 14.6 Å². The van der Waals surface area contributed by atoms with Crippen molar-refractivity contribution in [2.24, 2.45) is 0 Å². The average molecular weight is 509 g/mol. The number of benzene rings is 2. The number of carbonyl (C=O) groups excluding carboxylic acids is 1. The summed E-state index contributed by atoms with van der Waals surface area (Å²) in [7, 11) is -3.13. The second kappa shape index (κ2) is 10.9. The van der Waals surface area contributed by atoms with E-state index in [-0.39, 0.29) is 11.4 Å². The van der Waals surface area contributed by atoms with Gasteiger partial charge in [0.15, 0.2) is 6.04 Å². The normalized spacial score (nSPS) is 12.6. The minimum atomic E-state index is -4.26. The van der Waals surface area contributed by atoms with Crippen molar-refractivity contribution in [1.82, 2.24) is 5.06 Å². The van der Waals surface area contributed by atoms with Gasteiger partial charge in [-0.05, 0) is 48.5 Å². The van der Waals surface area contributed by atoms with Crippen LogP contribution >= 0.6 is 27.5 Å². The Kier molecular flexibility index (Phi) is 8.87. The first kappa shape index (κ1) is 23.6. The van der Waals surface area contributed by atoms with E-state index < -0.39 is 28.7 Å². The van der Waals surface area contributed by atoms with Crippen molar-refractivity contribution in [2.75, 3.05) is 25.6 Å². The number of carbonyl (C=O) groups is 1. The number of hydroxylamine groups is 2. The van der Waals surface area contributed by atoms with Crippen molar-refractivity contribution in [3.05, 3.63) is 53.6 Å². The van der Waals surface area contributed by atoms with Gasteiger partial charge in [0.05, 0.1) is 18.6 Å². The Labute approximate surface area is 182 Å². The Bertz CT molecular complexity index is 907. The zero-order valence-electron chi connectivity index (χ0n) is 15.3. The summed E-state index contributed by atoms with van der Waals surface area (Å²) in [6.45, 7) is -0.666. The van der Waals surface area contributed by atoms with Crippen LogP contribution in [0.5, 0.6) is 11.5 Å². The highest BCUT2D eigenvalue weighted by atomic mass is 79.9. The van der Waals surface area contributed by atoms with E-state index in [0.29, 0.717) is 21.9 Å². The molecule has 11 heteroatoms. The number of aliphatic hydroxyl groups is 1.